The number of hydrogen-bond acceptors (Lipinski definition) is 5. The van der Waals surface area contributed by atoms with Gasteiger partial charge in [-0.15, -0.1) is 0 Å². The molecule has 1 aromatic heterocycles. The van der Waals surface area contributed by atoms with Crippen LogP contribution in [0.4, 0.5) is 5.00 Å². The molecule has 0 aliphatic carbocycles. The molecule has 0 atom stereocenters. The summed E-state index contributed by atoms with van der Waals surface area (Å²) in [7, 11) is 0. The predicted octanol–water partition coefficient (Wildman–Crippen LogP) is 2.38. The predicted molar refractivity (Wildman–Crippen MR) is 55.2 cm³/mol. The van der Waals surface area contributed by atoms with Crippen LogP contribution in [0.5, 0.6) is 0 Å². The largest absolute Gasteiger partial charge is 0.374 e. The van der Waals surface area contributed by atoms with E-state index in [9.17, 15) is 0 Å². The Hall–Kier alpha value is -1.30. The first-order valence-electron chi connectivity index (χ1n) is 3.95. The zero-order chi connectivity index (χ0) is 10.4. The van der Waals surface area contributed by atoms with Crippen molar-refractivity contribution < 1.29 is 0 Å². The number of aromatic nitrogens is 1. The summed E-state index contributed by atoms with van der Waals surface area (Å²) in [5, 5.41) is 21.0. The topological polar surface area (TPSA) is 72.5 Å². The van der Waals surface area contributed by atoms with Gasteiger partial charge < -0.3 is 5.32 Å². The van der Waals surface area contributed by atoms with Crippen LogP contribution in [-0.2, 0) is 0 Å². The van der Waals surface area contributed by atoms with Gasteiger partial charge in [-0.2, -0.15) is 14.9 Å². The maximum Gasteiger partial charge on any atom is 0.162 e. The van der Waals surface area contributed by atoms with Crippen molar-refractivity contribution in [2.45, 2.75) is 12.8 Å². The zero-order valence-corrected chi connectivity index (χ0v) is 8.82. The van der Waals surface area contributed by atoms with E-state index in [1.54, 1.807) is 0 Å². The molecule has 0 amide bonds. The van der Waals surface area contributed by atoms with Gasteiger partial charge in [0, 0.05) is 13.0 Å². The van der Waals surface area contributed by atoms with Gasteiger partial charge in [0.05, 0.1) is 6.07 Å². The molecule has 0 radical (unpaired) electrons. The summed E-state index contributed by atoms with van der Waals surface area (Å²) in [5.74, 6) is 0. The summed E-state index contributed by atoms with van der Waals surface area (Å²) in [6.45, 7) is 0.654. The van der Waals surface area contributed by atoms with Gasteiger partial charge in [-0.3, -0.25) is 0 Å². The number of anilines is 1. The third-order valence-corrected chi connectivity index (χ3v) is 2.69. The highest BCUT2D eigenvalue weighted by atomic mass is 35.5. The van der Waals surface area contributed by atoms with Crippen LogP contribution in [0.2, 0.25) is 5.15 Å². The van der Waals surface area contributed by atoms with Crippen molar-refractivity contribution in [2.75, 3.05) is 11.9 Å². The molecule has 1 heterocycles. The lowest BCUT2D eigenvalue weighted by Crippen LogP contribution is -2.00. The number of nitrogens with zero attached hydrogens (tertiary/aromatic N) is 3. The monoisotopic (exact) mass is 226 g/mol. The van der Waals surface area contributed by atoms with Crippen molar-refractivity contribution in [1.82, 2.24) is 4.37 Å². The molecule has 0 saturated carbocycles. The molecule has 0 aromatic carbocycles. The van der Waals surface area contributed by atoms with Crippen LogP contribution in [0.3, 0.4) is 0 Å². The number of hydrogen-bond donors (Lipinski definition) is 1. The summed E-state index contributed by atoms with van der Waals surface area (Å²) < 4.78 is 3.84. The Balaban J connectivity index is 2.52. The standard InChI is InChI=1S/C8H7ClN4S/c9-7-6(5-11)8(14-13-7)12-4-2-1-3-10/h12H,1-2,4H2. The number of nitriles is 2. The van der Waals surface area contributed by atoms with E-state index in [0.717, 1.165) is 18.0 Å². The molecule has 0 bridgehead atoms. The van der Waals surface area contributed by atoms with E-state index >= 15 is 0 Å². The zero-order valence-electron chi connectivity index (χ0n) is 7.25. The normalized spacial score (nSPS) is 9.07. The molecule has 72 valence electrons. The van der Waals surface area contributed by atoms with E-state index in [-0.39, 0.29) is 5.15 Å². The molecule has 0 spiro atoms. The minimum absolute atomic E-state index is 0.236. The van der Waals surface area contributed by atoms with Crippen LogP contribution in [0.1, 0.15) is 18.4 Å². The van der Waals surface area contributed by atoms with Crippen LogP contribution in [-0.4, -0.2) is 10.9 Å². The first kappa shape index (κ1) is 10.8. The molecule has 14 heavy (non-hydrogen) atoms. The molecule has 0 aliphatic rings. The van der Waals surface area contributed by atoms with Crippen LogP contribution in [0, 0.1) is 22.7 Å². The van der Waals surface area contributed by atoms with Crippen LogP contribution < -0.4 is 5.32 Å². The molecule has 6 heteroatoms. The number of halogens is 1. The molecule has 0 saturated heterocycles. The van der Waals surface area contributed by atoms with E-state index in [1.165, 1.54) is 0 Å². The highest BCUT2D eigenvalue weighted by Crippen LogP contribution is 2.27. The van der Waals surface area contributed by atoms with Gasteiger partial charge in [0.15, 0.2) is 5.15 Å². The van der Waals surface area contributed by atoms with E-state index in [4.69, 9.17) is 22.1 Å². The molecule has 0 unspecified atom stereocenters. The van der Waals surface area contributed by atoms with Crippen molar-refractivity contribution in [1.29, 1.82) is 10.5 Å². The van der Waals surface area contributed by atoms with Gasteiger partial charge >= 0.3 is 0 Å². The van der Waals surface area contributed by atoms with E-state index in [1.807, 2.05) is 12.1 Å². The first-order valence-corrected chi connectivity index (χ1v) is 5.10. The minimum Gasteiger partial charge on any atom is -0.374 e. The fraction of sp³-hybridized carbons (Fsp3) is 0.375. The second-order valence-electron chi connectivity index (χ2n) is 2.48. The second-order valence-corrected chi connectivity index (χ2v) is 3.61. The van der Waals surface area contributed by atoms with Crippen molar-refractivity contribution in [3.8, 4) is 12.1 Å². The third-order valence-electron chi connectivity index (χ3n) is 1.51. The summed E-state index contributed by atoms with van der Waals surface area (Å²) >= 11 is 6.83. The molecule has 0 fully saturated rings. The fourth-order valence-electron chi connectivity index (χ4n) is 0.858. The van der Waals surface area contributed by atoms with Gasteiger partial charge in [0.25, 0.3) is 0 Å². The number of nitrogens with one attached hydrogen (secondary N) is 1. The van der Waals surface area contributed by atoms with Crippen molar-refractivity contribution in [3.05, 3.63) is 10.7 Å². The molecule has 0 aliphatic heterocycles. The van der Waals surface area contributed by atoms with Crippen LogP contribution in [0.25, 0.3) is 0 Å². The average Bonchev–Trinajstić information content (AvgIpc) is 2.54. The Bertz CT molecular complexity index is 387. The molecule has 1 aromatic rings. The van der Waals surface area contributed by atoms with E-state index in [2.05, 4.69) is 9.69 Å². The minimum atomic E-state index is 0.236. The summed E-state index contributed by atoms with van der Waals surface area (Å²) in [5.41, 5.74) is 0.383. The Morgan fingerprint density at radius 1 is 1.50 bits per heavy atom. The maximum atomic E-state index is 8.73. The van der Waals surface area contributed by atoms with Crippen molar-refractivity contribution in [2.24, 2.45) is 0 Å². The lowest BCUT2D eigenvalue weighted by Gasteiger charge is -1.99. The summed E-state index contributed by atoms with van der Waals surface area (Å²) in [6.07, 6.45) is 1.25. The van der Waals surface area contributed by atoms with Gasteiger partial charge in [-0.25, -0.2) is 0 Å². The van der Waals surface area contributed by atoms with Crippen LogP contribution >= 0.6 is 23.1 Å². The number of rotatable bonds is 4. The highest BCUT2D eigenvalue weighted by molar-refractivity contribution is 7.10. The average molecular weight is 227 g/mol. The van der Waals surface area contributed by atoms with E-state index < -0.39 is 0 Å². The van der Waals surface area contributed by atoms with Gasteiger partial charge in [0.2, 0.25) is 0 Å². The molecular weight excluding hydrogens is 220 g/mol. The Morgan fingerprint density at radius 3 is 2.93 bits per heavy atom. The van der Waals surface area contributed by atoms with Gasteiger partial charge in [-0.1, -0.05) is 11.6 Å². The molecule has 4 nitrogen and oxygen atoms in total. The number of unbranched alkanes of at least 4 members (excludes halogenated alkanes) is 1. The van der Waals surface area contributed by atoms with Crippen molar-refractivity contribution >= 4 is 28.1 Å². The van der Waals surface area contributed by atoms with Gasteiger partial charge in [0.1, 0.15) is 16.6 Å². The maximum absolute atomic E-state index is 8.73. The highest BCUT2D eigenvalue weighted by Gasteiger charge is 2.10. The Kier molecular flexibility index (Phi) is 4.18. The molecular formula is C8H7ClN4S. The summed E-state index contributed by atoms with van der Waals surface area (Å²) in [4.78, 5) is 0. The third kappa shape index (κ3) is 2.59. The first-order chi connectivity index (χ1) is 6.79. The van der Waals surface area contributed by atoms with Gasteiger partial charge in [-0.05, 0) is 18.0 Å². The van der Waals surface area contributed by atoms with Crippen LogP contribution in [0.15, 0.2) is 0 Å². The Morgan fingerprint density at radius 2 is 2.29 bits per heavy atom. The Labute approximate surface area is 90.9 Å². The fourth-order valence-corrected chi connectivity index (χ4v) is 1.82. The lowest BCUT2D eigenvalue weighted by molar-refractivity contribution is 0.899. The van der Waals surface area contributed by atoms with Crippen molar-refractivity contribution in [3.63, 3.8) is 0 Å². The lowest BCUT2D eigenvalue weighted by atomic mass is 10.3. The SMILES string of the molecule is N#CCCCNc1snc(Cl)c1C#N. The molecule has 1 N–H and O–H groups in total. The smallest absolute Gasteiger partial charge is 0.162 e. The second kappa shape index (κ2) is 5.43. The quantitative estimate of drug-likeness (QED) is 0.800. The van der Waals surface area contributed by atoms with E-state index in [0.29, 0.717) is 23.5 Å². The summed E-state index contributed by atoms with van der Waals surface area (Å²) in [6, 6.07) is 4.02. The molecule has 1 rings (SSSR count).